The molecule has 0 N–H and O–H groups in total. The highest BCUT2D eigenvalue weighted by Crippen LogP contribution is 2.24. The van der Waals surface area contributed by atoms with Gasteiger partial charge in [0.25, 0.3) is 0 Å². The molecule has 0 aliphatic rings. The van der Waals surface area contributed by atoms with Crippen LogP contribution in [0.4, 0.5) is 0 Å². The fraction of sp³-hybridized carbons (Fsp3) is 0.417. The van der Waals surface area contributed by atoms with Crippen LogP contribution in [0.1, 0.15) is 77.1 Å². The van der Waals surface area contributed by atoms with E-state index in [1.54, 1.807) is 6.92 Å². The number of methoxy groups -OCH3 is 2. The molecule has 0 fully saturated rings. The lowest BCUT2D eigenvalue weighted by Crippen LogP contribution is -2.49. The molecule has 11 heteroatoms. The fourth-order valence-electron chi connectivity index (χ4n) is 6.12. The van der Waals surface area contributed by atoms with Gasteiger partial charge < -0.3 is 18.9 Å². The molecule has 4 aromatic rings. The van der Waals surface area contributed by atoms with E-state index >= 15 is 0 Å². The van der Waals surface area contributed by atoms with Crippen LogP contribution in [0.2, 0.25) is 0 Å². The summed E-state index contributed by atoms with van der Waals surface area (Å²) in [5.74, 6) is -2.41. The van der Waals surface area contributed by atoms with E-state index < -0.39 is 53.1 Å². The van der Waals surface area contributed by atoms with Gasteiger partial charge in [-0.15, -0.1) is 0 Å². The summed E-state index contributed by atoms with van der Waals surface area (Å²) in [7, 11) is 2.66. The van der Waals surface area contributed by atoms with E-state index in [1.807, 2.05) is 178 Å². The molecular weight excluding hydrogens is 859 g/mol. The van der Waals surface area contributed by atoms with E-state index in [4.69, 9.17) is 18.9 Å². The number of ether oxygens (including phenoxy) is 4. The van der Waals surface area contributed by atoms with Gasteiger partial charge in [-0.05, 0) is 75.7 Å². The average molecular weight is 923 g/mol. The first kappa shape index (κ1) is 50.6. The van der Waals surface area contributed by atoms with Gasteiger partial charge in [0.2, 0.25) is 0 Å². The van der Waals surface area contributed by atoms with Crippen molar-refractivity contribution in [1.29, 1.82) is 0 Å². The second-order valence-corrected chi connectivity index (χ2v) is 15.9. The zero-order valence-corrected chi connectivity index (χ0v) is 38.5. The average Bonchev–Trinajstić information content (AvgIpc) is 3.20. The van der Waals surface area contributed by atoms with Crippen LogP contribution in [0, 0.1) is 5.92 Å². The van der Waals surface area contributed by atoms with Gasteiger partial charge in [0, 0.05) is 26.2 Å². The third-order valence-corrected chi connectivity index (χ3v) is 8.71. The summed E-state index contributed by atoms with van der Waals surface area (Å²) in [6.07, 6.45) is -0.0644. The smallest absolute Gasteiger partial charge is 0.324 e. The maximum atomic E-state index is 13.2. The molecule has 4 aromatic carbocycles. The number of halogens is 1. The van der Waals surface area contributed by atoms with Crippen LogP contribution in [-0.4, -0.2) is 76.1 Å². The molecule has 0 radical (unpaired) electrons. The lowest BCUT2D eigenvalue weighted by atomic mass is 9.98. The molecular formula is C48H63IN2O8. The Bertz CT molecular complexity index is 1730. The zero-order valence-electron chi connectivity index (χ0n) is 36.4. The molecule has 4 rings (SSSR count). The predicted octanol–water partition coefficient (Wildman–Crippen LogP) is 9.22. The quantitative estimate of drug-likeness (QED) is 0.0467. The van der Waals surface area contributed by atoms with Gasteiger partial charge in [-0.3, -0.25) is 29.0 Å². The van der Waals surface area contributed by atoms with Crippen molar-refractivity contribution in [2.75, 3.05) is 19.2 Å². The third kappa shape index (κ3) is 19.4. The summed E-state index contributed by atoms with van der Waals surface area (Å²) < 4.78 is 21.1. The zero-order chi connectivity index (χ0) is 44.0. The molecule has 0 spiro atoms. The molecule has 0 saturated carbocycles. The molecule has 0 saturated heterocycles. The minimum atomic E-state index is -0.776. The molecule has 10 nitrogen and oxygen atoms in total. The molecule has 0 aliphatic carbocycles. The van der Waals surface area contributed by atoms with E-state index in [2.05, 4.69) is 22.6 Å². The number of carbonyl (C=O) groups is 4. The van der Waals surface area contributed by atoms with E-state index in [0.29, 0.717) is 26.2 Å². The van der Waals surface area contributed by atoms with Crippen LogP contribution in [0.3, 0.4) is 0 Å². The Kier molecular flexibility index (Phi) is 22.1. The summed E-state index contributed by atoms with van der Waals surface area (Å²) in [6, 6.07) is 38.0. The molecule has 320 valence electrons. The van der Waals surface area contributed by atoms with E-state index in [-0.39, 0.29) is 6.42 Å². The van der Waals surface area contributed by atoms with Gasteiger partial charge in [-0.25, -0.2) is 0 Å². The fourth-order valence-corrected chi connectivity index (χ4v) is 6.12. The van der Waals surface area contributed by atoms with Crippen LogP contribution < -0.4 is 0 Å². The standard InChI is InChI=1S/C24H31NO4.C23H29NO4.CH3I/c1-18(22(26)28-5)21(23(27)29-24(2,3)4)25(16-19-12-8-6-9-13-19)17-20-14-10-7-11-15-20;1-23(2,3)28-22(26)20(15-21(25)27-4)24(16-18-11-7-5-8-12-18)17-19-13-9-6-10-14-19;1-2/h6-15,18,21H,16-17H2,1-5H3;5-14,20H,15-17H2,1-4H3;1H3/t18-,21+;20-;/m10./s1. The minimum Gasteiger partial charge on any atom is -0.469 e. The first-order valence-electron chi connectivity index (χ1n) is 19.6. The molecule has 0 bridgehead atoms. The van der Waals surface area contributed by atoms with Crippen LogP contribution in [0.5, 0.6) is 0 Å². The minimum absolute atomic E-state index is 0.0644. The second kappa shape index (κ2) is 25.8. The highest BCUT2D eigenvalue weighted by atomic mass is 127. The first-order valence-corrected chi connectivity index (χ1v) is 21.8. The van der Waals surface area contributed by atoms with E-state index in [1.165, 1.54) is 14.2 Å². The number of esters is 4. The number of benzene rings is 4. The molecule has 0 heterocycles. The monoisotopic (exact) mass is 922 g/mol. The van der Waals surface area contributed by atoms with Crippen molar-refractivity contribution in [3.8, 4) is 0 Å². The Hall–Kier alpha value is -4.59. The van der Waals surface area contributed by atoms with Crippen LogP contribution in [0.25, 0.3) is 0 Å². The number of alkyl halides is 1. The Labute approximate surface area is 365 Å². The Morgan fingerprint density at radius 1 is 0.508 bits per heavy atom. The molecule has 59 heavy (non-hydrogen) atoms. The Morgan fingerprint density at radius 3 is 1.14 bits per heavy atom. The number of carbonyl (C=O) groups excluding carboxylic acids is 4. The van der Waals surface area contributed by atoms with Gasteiger partial charge >= 0.3 is 23.9 Å². The van der Waals surface area contributed by atoms with Crippen molar-refractivity contribution in [3.63, 3.8) is 0 Å². The highest BCUT2D eigenvalue weighted by molar-refractivity contribution is 14.1. The number of hydrogen-bond acceptors (Lipinski definition) is 10. The Morgan fingerprint density at radius 2 is 0.831 bits per heavy atom. The molecule has 0 amide bonds. The molecule has 0 unspecified atom stereocenters. The van der Waals surface area contributed by atoms with Crippen molar-refractivity contribution in [3.05, 3.63) is 144 Å². The summed E-state index contributed by atoms with van der Waals surface area (Å²) in [5.41, 5.74) is 2.91. The summed E-state index contributed by atoms with van der Waals surface area (Å²) in [4.78, 5) is 56.5. The van der Waals surface area contributed by atoms with Crippen LogP contribution >= 0.6 is 22.6 Å². The maximum absolute atomic E-state index is 13.2. The summed E-state index contributed by atoms with van der Waals surface area (Å²) in [5, 5.41) is 0. The van der Waals surface area contributed by atoms with Gasteiger partial charge in [0.05, 0.1) is 26.6 Å². The lowest BCUT2D eigenvalue weighted by molar-refractivity contribution is -0.169. The van der Waals surface area contributed by atoms with E-state index in [9.17, 15) is 19.2 Å². The predicted molar refractivity (Wildman–Crippen MR) is 241 cm³/mol. The highest BCUT2D eigenvalue weighted by Gasteiger charge is 2.39. The second-order valence-electron chi connectivity index (χ2n) is 15.9. The van der Waals surface area contributed by atoms with Crippen LogP contribution in [-0.2, 0) is 64.3 Å². The number of hydrogen-bond donors (Lipinski definition) is 0. The van der Waals surface area contributed by atoms with Crippen molar-refractivity contribution < 1.29 is 38.1 Å². The first-order chi connectivity index (χ1) is 28.0. The third-order valence-electron chi connectivity index (χ3n) is 8.71. The molecule has 0 aromatic heterocycles. The van der Waals surface area contributed by atoms with Crippen molar-refractivity contribution >= 4 is 46.5 Å². The molecule has 3 atom stereocenters. The normalized spacial score (nSPS) is 12.7. The van der Waals surface area contributed by atoms with Gasteiger partial charge in [0.1, 0.15) is 23.3 Å². The SMILES string of the molecule is CI.COC(=O)C[C@@H](C(=O)OC(C)(C)C)N(Cc1ccccc1)Cc1ccccc1.COC(=O)[C@H](C)[C@@H](C(=O)OC(C)(C)C)N(Cc1ccccc1)Cc1ccccc1. The van der Waals surface area contributed by atoms with E-state index in [0.717, 1.165) is 22.3 Å². The summed E-state index contributed by atoms with van der Waals surface area (Å²) >= 11 is 2.15. The van der Waals surface area contributed by atoms with Gasteiger partial charge in [0.15, 0.2) is 0 Å². The van der Waals surface area contributed by atoms with Gasteiger partial charge in [-0.2, -0.15) is 0 Å². The van der Waals surface area contributed by atoms with Crippen molar-refractivity contribution in [2.24, 2.45) is 5.92 Å². The summed E-state index contributed by atoms with van der Waals surface area (Å²) in [6.45, 7) is 14.7. The van der Waals surface area contributed by atoms with Crippen LogP contribution in [0.15, 0.2) is 121 Å². The number of rotatable bonds is 16. The largest absolute Gasteiger partial charge is 0.469 e. The maximum Gasteiger partial charge on any atom is 0.324 e. The lowest BCUT2D eigenvalue weighted by Gasteiger charge is -2.35. The number of nitrogens with zero attached hydrogens (tertiary/aromatic N) is 2. The molecule has 0 aliphatic heterocycles. The van der Waals surface area contributed by atoms with Gasteiger partial charge in [-0.1, -0.05) is 144 Å². The topological polar surface area (TPSA) is 112 Å². The van der Waals surface area contributed by atoms with Crippen molar-refractivity contribution in [2.45, 2.75) is 104 Å². The Balaban J connectivity index is 0.000000391. The van der Waals surface area contributed by atoms with Crippen molar-refractivity contribution in [1.82, 2.24) is 9.80 Å².